The average Bonchev–Trinajstić information content (AvgIpc) is 2.70. The van der Waals surface area contributed by atoms with Crippen LogP contribution in [0, 0.1) is 0 Å². The molecule has 1 aromatic carbocycles. The first-order chi connectivity index (χ1) is 12.7. The Bertz CT molecular complexity index is 567. The first-order valence-corrected chi connectivity index (χ1v) is 10.0. The van der Waals surface area contributed by atoms with Gasteiger partial charge in [0.05, 0.1) is 7.11 Å². The molecule has 1 aromatic rings. The van der Waals surface area contributed by atoms with Crippen LogP contribution in [-0.2, 0) is 0 Å². The van der Waals surface area contributed by atoms with Gasteiger partial charge in [-0.05, 0) is 37.4 Å². The minimum absolute atomic E-state index is 0. The minimum atomic E-state index is 0. The zero-order valence-electron chi connectivity index (χ0n) is 17.3. The number of nitrogens with one attached hydrogen (secondary N) is 2. The number of guanidine groups is 1. The van der Waals surface area contributed by atoms with E-state index in [-0.39, 0.29) is 24.0 Å². The first-order valence-electron chi connectivity index (χ1n) is 10.0. The van der Waals surface area contributed by atoms with Crippen molar-refractivity contribution in [3.63, 3.8) is 0 Å². The van der Waals surface area contributed by atoms with Crippen LogP contribution in [0.2, 0.25) is 0 Å². The normalized spacial score (nSPS) is 19.1. The van der Waals surface area contributed by atoms with E-state index in [0.717, 1.165) is 37.4 Å². The number of rotatable bonds is 8. The Kier molecular flexibility index (Phi) is 11.7. The number of hydrogen-bond acceptors (Lipinski definition) is 3. The van der Waals surface area contributed by atoms with Crippen LogP contribution in [-0.4, -0.2) is 57.2 Å². The van der Waals surface area contributed by atoms with Crippen molar-refractivity contribution in [1.82, 2.24) is 15.5 Å². The molecule has 2 atom stereocenters. The van der Waals surface area contributed by atoms with E-state index < -0.39 is 0 Å². The molecule has 1 aliphatic heterocycles. The molecule has 0 bridgehead atoms. The lowest BCUT2D eigenvalue weighted by Gasteiger charge is -2.35. The van der Waals surface area contributed by atoms with Crippen molar-refractivity contribution in [2.45, 2.75) is 51.5 Å². The molecule has 27 heavy (non-hydrogen) atoms. The van der Waals surface area contributed by atoms with Gasteiger partial charge in [0.1, 0.15) is 5.75 Å². The molecule has 0 aliphatic carbocycles. The van der Waals surface area contributed by atoms with E-state index in [9.17, 15) is 0 Å². The van der Waals surface area contributed by atoms with Crippen molar-refractivity contribution in [3.8, 4) is 5.75 Å². The summed E-state index contributed by atoms with van der Waals surface area (Å²) in [6.45, 7) is 8.58. The molecule has 2 rings (SSSR count). The van der Waals surface area contributed by atoms with Crippen molar-refractivity contribution in [2.75, 3.05) is 40.3 Å². The van der Waals surface area contributed by atoms with E-state index in [4.69, 9.17) is 4.74 Å². The summed E-state index contributed by atoms with van der Waals surface area (Å²) in [7, 11) is 3.56. The highest BCUT2D eigenvalue weighted by atomic mass is 127. The van der Waals surface area contributed by atoms with Crippen LogP contribution in [0.3, 0.4) is 0 Å². The van der Waals surface area contributed by atoms with Gasteiger partial charge in [0.2, 0.25) is 0 Å². The highest BCUT2D eigenvalue weighted by Gasteiger charge is 2.20. The molecular formula is C21H37IN4O. The van der Waals surface area contributed by atoms with Gasteiger partial charge in [-0.15, -0.1) is 24.0 Å². The zero-order chi connectivity index (χ0) is 18.8. The van der Waals surface area contributed by atoms with Crippen LogP contribution in [0.15, 0.2) is 29.3 Å². The highest BCUT2D eigenvalue weighted by Crippen LogP contribution is 2.25. The van der Waals surface area contributed by atoms with Crippen LogP contribution in [0.4, 0.5) is 0 Å². The number of nitrogens with zero attached hydrogens (tertiary/aromatic N) is 2. The van der Waals surface area contributed by atoms with E-state index in [1.807, 2.05) is 19.2 Å². The zero-order valence-corrected chi connectivity index (χ0v) is 19.7. The maximum atomic E-state index is 5.47. The molecule has 2 N–H and O–H groups in total. The number of halogens is 1. The fourth-order valence-corrected chi connectivity index (χ4v) is 3.79. The molecule has 0 radical (unpaired) electrons. The predicted molar refractivity (Wildman–Crippen MR) is 126 cm³/mol. The number of para-hydroxylation sites is 1. The largest absolute Gasteiger partial charge is 0.496 e. The molecule has 5 nitrogen and oxygen atoms in total. The standard InChI is InChI=1S/C21H36N4O.HI/c1-5-18-10-8-9-14-25(18)15-13-23-21(22-3)24-16-17(2)19-11-6-7-12-20(19)26-4;/h6-7,11-12,17-18H,5,8-10,13-16H2,1-4H3,(H2,22,23,24);1H. The van der Waals surface area contributed by atoms with Gasteiger partial charge >= 0.3 is 0 Å². The Morgan fingerprint density at radius 1 is 1.30 bits per heavy atom. The van der Waals surface area contributed by atoms with Gasteiger partial charge in [0.15, 0.2) is 5.96 Å². The molecule has 1 saturated heterocycles. The van der Waals surface area contributed by atoms with Gasteiger partial charge < -0.3 is 15.4 Å². The molecule has 0 saturated carbocycles. The third-order valence-corrected chi connectivity index (χ3v) is 5.38. The summed E-state index contributed by atoms with van der Waals surface area (Å²) in [5, 5.41) is 6.91. The summed E-state index contributed by atoms with van der Waals surface area (Å²) in [6.07, 6.45) is 5.32. The number of hydrogen-bond donors (Lipinski definition) is 2. The van der Waals surface area contributed by atoms with Gasteiger partial charge in [-0.1, -0.05) is 38.5 Å². The third-order valence-electron chi connectivity index (χ3n) is 5.38. The van der Waals surface area contributed by atoms with Crippen molar-refractivity contribution < 1.29 is 4.74 Å². The van der Waals surface area contributed by atoms with E-state index >= 15 is 0 Å². The van der Waals surface area contributed by atoms with Gasteiger partial charge in [-0.25, -0.2) is 0 Å². The molecule has 1 aliphatic rings. The summed E-state index contributed by atoms with van der Waals surface area (Å²) in [4.78, 5) is 6.99. The van der Waals surface area contributed by atoms with Crippen molar-refractivity contribution >= 4 is 29.9 Å². The summed E-state index contributed by atoms with van der Waals surface area (Å²) in [5.74, 6) is 2.16. The van der Waals surface area contributed by atoms with Gasteiger partial charge in [0.25, 0.3) is 0 Å². The van der Waals surface area contributed by atoms with E-state index in [1.165, 1.54) is 37.8 Å². The monoisotopic (exact) mass is 488 g/mol. The number of piperidine rings is 1. The lowest BCUT2D eigenvalue weighted by Crippen LogP contribution is -2.46. The number of ether oxygens (including phenoxy) is 1. The van der Waals surface area contributed by atoms with Crippen LogP contribution in [0.1, 0.15) is 51.0 Å². The Morgan fingerprint density at radius 3 is 2.78 bits per heavy atom. The highest BCUT2D eigenvalue weighted by molar-refractivity contribution is 14.0. The Labute approximate surface area is 182 Å². The van der Waals surface area contributed by atoms with Gasteiger partial charge in [-0.2, -0.15) is 0 Å². The lowest BCUT2D eigenvalue weighted by atomic mass is 10.00. The summed E-state index contributed by atoms with van der Waals surface area (Å²) in [6, 6.07) is 8.97. The summed E-state index contributed by atoms with van der Waals surface area (Å²) < 4.78 is 5.47. The molecule has 0 amide bonds. The maximum absolute atomic E-state index is 5.47. The summed E-state index contributed by atoms with van der Waals surface area (Å²) in [5.41, 5.74) is 1.22. The molecular weight excluding hydrogens is 451 g/mol. The van der Waals surface area contributed by atoms with Crippen LogP contribution in [0.25, 0.3) is 0 Å². The van der Waals surface area contributed by atoms with Crippen LogP contribution < -0.4 is 15.4 Å². The third kappa shape index (κ3) is 7.49. The Morgan fingerprint density at radius 2 is 2.07 bits per heavy atom. The van der Waals surface area contributed by atoms with Crippen molar-refractivity contribution in [2.24, 2.45) is 4.99 Å². The fraction of sp³-hybridized carbons (Fsp3) is 0.667. The van der Waals surface area contributed by atoms with E-state index in [0.29, 0.717) is 5.92 Å². The smallest absolute Gasteiger partial charge is 0.191 e. The maximum Gasteiger partial charge on any atom is 0.191 e. The molecule has 0 spiro atoms. The molecule has 1 heterocycles. The predicted octanol–water partition coefficient (Wildman–Crippen LogP) is 3.85. The first kappa shape index (κ1) is 24.0. The fourth-order valence-electron chi connectivity index (χ4n) is 3.79. The van der Waals surface area contributed by atoms with E-state index in [1.54, 1.807) is 7.11 Å². The lowest BCUT2D eigenvalue weighted by molar-refractivity contribution is 0.147. The van der Waals surface area contributed by atoms with Crippen molar-refractivity contribution in [3.05, 3.63) is 29.8 Å². The Hall–Kier alpha value is -1.02. The molecule has 0 aromatic heterocycles. The van der Waals surface area contributed by atoms with Crippen LogP contribution >= 0.6 is 24.0 Å². The second kappa shape index (κ2) is 13.2. The number of likely N-dealkylation sites (tertiary alicyclic amines) is 1. The number of benzene rings is 1. The quantitative estimate of drug-likeness (QED) is 0.332. The molecule has 154 valence electrons. The molecule has 6 heteroatoms. The molecule has 1 fully saturated rings. The van der Waals surface area contributed by atoms with Crippen LogP contribution in [0.5, 0.6) is 5.75 Å². The second-order valence-electron chi connectivity index (χ2n) is 7.12. The number of aliphatic imine (C=N–C) groups is 1. The SMILES string of the molecule is CCC1CCCCN1CCNC(=NC)NCC(C)c1ccccc1OC.I. The minimum Gasteiger partial charge on any atom is -0.496 e. The Balaban J connectivity index is 0.00000364. The second-order valence-corrected chi connectivity index (χ2v) is 7.12. The average molecular weight is 488 g/mol. The topological polar surface area (TPSA) is 48.9 Å². The van der Waals surface area contributed by atoms with Crippen molar-refractivity contribution in [1.29, 1.82) is 0 Å². The summed E-state index contributed by atoms with van der Waals surface area (Å²) >= 11 is 0. The van der Waals surface area contributed by atoms with E-state index in [2.05, 4.69) is 46.5 Å². The molecule has 2 unspecified atom stereocenters. The van der Waals surface area contributed by atoms with Gasteiger partial charge in [0, 0.05) is 38.6 Å². The number of methoxy groups -OCH3 is 1. The van der Waals surface area contributed by atoms with Gasteiger partial charge in [-0.3, -0.25) is 9.89 Å².